The largest absolute Gasteiger partial charge is 0.455 e. The number of fused-ring (bicyclic) bond motifs is 3. The number of aryl methyl sites for hydroxylation is 1. The van der Waals surface area contributed by atoms with Gasteiger partial charge >= 0.3 is 5.97 Å². The summed E-state index contributed by atoms with van der Waals surface area (Å²) in [5, 5.41) is 2.93. The van der Waals surface area contributed by atoms with E-state index in [0.717, 1.165) is 63.7 Å². The Labute approximate surface area is 207 Å². The van der Waals surface area contributed by atoms with Gasteiger partial charge in [-0.2, -0.15) is 0 Å². The molecule has 1 atom stereocenters. The number of piperidine rings is 3. The summed E-state index contributed by atoms with van der Waals surface area (Å²) in [5.74, 6) is 1.46. The van der Waals surface area contributed by atoms with Crippen LogP contribution in [0.25, 0.3) is 0 Å². The van der Waals surface area contributed by atoms with Crippen LogP contribution >= 0.6 is 0 Å². The minimum atomic E-state index is -0.545. The highest BCUT2D eigenvalue weighted by molar-refractivity contribution is 5.90. The first-order valence-electron chi connectivity index (χ1n) is 13.2. The van der Waals surface area contributed by atoms with Gasteiger partial charge in [0.2, 0.25) is 0 Å². The second kappa shape index (κ2) is 10.1. The lowest BCUT2D eigenvalue weighted by atomic mass is 9.74. The second-order valence-corrected chi connectivity index (χ2v) is 10.8. The van der Waals surface area contributed by atoms with Gasteiger partial charge in [0.05, 0.1) is 18.5 Å². The van der Waals surface area contributed by atoms with Crippen LogP contribution in [0, 0.1) is 12.8 Å². The molecular formula is C28H37N4O3+. The first-order chi connectivity index (χ1) is 17.0. The van der Waals surface area contributed by atoms with Crippen molar-refractivity contribution in [3.63, 3.8) is 0 Å². The van der Waals surface area contributed by atoms with Crippen molar-refractivity contribution in [2.45, 2.75) is 69.8 Å². The molecule has 1 aromatic carbocycles. The van der Waals surface area contributed by atoms with Crippen molar-refractivity contribution >= 4 is 17.7 Å². The normalized spacial score (nSPS) is 27.6. The molecule has 1 amide bonds. The zero-order valence-electron chi connectivity index (χ0n) is 20.7. The predicted octanol–water partition coefficient (Wildman–Crippen LogP) is 4.17. The van der Waals surface area contributed by atoms with Gasteiger partial charge in [-0.25, -0.2) is 9.97 Å². The number of hydrogen-bond acceptors (Lipinski definition) is 5. The Hall–Kier alpha value is -2.80. The van der Waals surface area contributed by atoms with Crippen LogP contribution in [0.15, 0.2) is 42.6 Å². The van der Waals surface area contributed by atoms with Crippen LogP contribution in [0.2, 0.25) is 0 Å². The van der Waals surface area contributed by atoms with Crippen LogP contribution in [-0.2, 0) is 19.7 Å². The number of rotatable bonds is 6. The van der Waals surface area contributed by atoms with Crippen LogP contribution in [0.1, 0.15) is 62.8 Å². The number of ether oxygens (including phenoxy) is 1. The van der Waals surface area contributed by atoms with Gasteiger partial charge in [-0.05, 0) is 31.4 Å². The Balaban J connectivity index is 1.29. The molecule has 4 fully saturated rings. The molecule has 1 aromatic heterocycles. The van der Waals surface area contributed by atoms with Gasteiger partial charge in [-0.3, -0.25) is 9.59 Å². The second-order valence-electron chi connectivity index (χ2n) is 10.8. The minimum Gasteiger partial charge on any atom is -0.455 e. The third-order valence-electron chi connectivity index (χ3n) is 8.50. The topological polar surface area (TPSA) is 81.2 Å². The molecule has 35 heavy (non-hydrogen) atoms. The van der Waals surface area contributed by atoms with E-state index < -0.39 is 5.41 Å². The zero-order valence-corrected chi connectivity index (χ0v) is 20.7. The number of benzene rings is 1. The lowest BCUT2D eigenvalue weighted by Crippen LogP contribution is -2.66. The highest BCUT2D eigenvalue weighted by Gasteiger charge is 2.51. The van der Waals surface area contributed by atoms with E-state index in [1.54, 1.807) is 12.3 Å². The van der Waals surface area contributed by atoms with Gasteiger partial charge in [0.1, 0.15) is 18.2 Å². The van der Waals surface area contributed by atoms with Crippen molar-refractivity contribution in [2.75, 3.05) is 31.5 Å². The molecule has 2 aromatic rings. The summed E-state index contributed by atoms with van der Waals surface area (Å²) in [5.41, 5.74) is 0.549. The standard InChI is InChI=1S/C28H36N4O3/c1-21-29-16-11-25(30-21)31-26(33)20-32-17-12-22(13-18-32)24(19-32)35-27(34)28(14-7-2-3-8-15-28)23-9-5-4-6-10-23/h4-6,9-11,16,22,24H,2-3,7-8,12-15,17-20H2,1H3/p+1/t22?,24-,32?/m0/s1. The summed E-state index contributed by atoms with van der Waals surface area (Å²) < 4.78 is 7.10. The quantitative estimate of drug-likeness (QED) is 0.384. The molecule has 2 bridgehead atoms. The van der Waals surface area contributed by atoms with E-state index in [0.29, 0.717) is 28.6 Å². The monoisotopic (exact) mass is 477 g/mol. The lowest BCUT2D eigenvalue weighted by molar-refractivity contribution is -0.939. The maximum absolute atomic E-state index is 13.9. The highest BCUT2D eigenvalue weighted by atomic mass is 16.5. The fourth-order valence-corrected chi connectivity index (χ4v) is 6.54. The van der Waals surface area contributed by atoms with Crippen molar-refractivity contribution in [3.05, 3.63) is 54.0 Å². The third-order valence-corrected chi connectivity index (χ3v) is 8.50. The number of amides is 1. The number of nitrogens with one attached hydrogen (secondary N) is 1. The third kappa shape index (κ3) is 5.10. The van der Waals surface area contributed by atoms with Gasteiger partial charge < -0.3 is 14.5 Å². The molecular weight excluding hydrogens is 440 g/mol. The van der Waals surface area contributed by atoms with Gasteiger partial charge in [-0.1, -0.05) is 56.0 Å². The molecule has 186 valence electrons. The number of nitrogens with zero attached hydrogens (tertiary/aromatic N) is 3. The zero-order chi connectivity index (χ0) is 24.3. The Morgan fingerprint density at radius 2 is 1.77 bits per heavy atom. The van der Waals surface area contributed by atoms with Gasteiger partial charge in [0, 0.05) is 25.0 Å². The molecule has 6 rings (SSSR count). The van der Waals surface area contributed by atoms with Crippen molar-refractivity contribution in [3.8, 4) is 0 Å². The molecule has 3 aliphatic heterocycles. The maximum Gasteiger partial charge on any atom is 0.317 e. The summed E-state index contributed by atoms with van der Waals surface area (Å²) >= 11 is 0. The fraction of sp³-hybridized carbons (Fsp3) is 0.571. The highest BCUT2D eigenvalue weighted by Crippen LogP contribution is 2.42. The van der Waals surface area contributed by atoms with Crippen molar-refractivity contribution in [2.24, 2.45) is 5.92 Å². The van der Waals surface area contributed by atoms with Crippen LogP contribution in [0.3, 0.4) is 0 Å². The number of esters is 1. The average molecular weight is 478 g/mol. The molecule has 3 saturated heterocycles. The molecule has 7 heteroatoms. The number of aromatic nitrogens is 2. The lowest BCUT2D eigenvalue weighted by Gasteiger charge is -2.52. The molecule has 0 spiro atoms. The number of hydrogen-bond donors (Lipinski definition) is 1. The van der Waals surface area contributed by atoms with Gasteiger partial charge in [0.25, 0.3) is 5.91 Å². The van der Waals surface area contributed by atoms with Crippen molar-refractivity contribution in [1.82, 2.24) is 9.97 Å². The first kappa shape index (κ1) is 23.9. The minimum absolute atomic E-state index is 0.0435. The Morgan fingerprint density at radius 3 is 2.46 bits per heavy atom. The van der Waals surface area contributed by atoms with Crippen molar-refractivity contribution in [1.29, 1.82) is 0 Å². The number of carbonyl (C=O) groups is 2. The molecule has 1 saturated carbocycles. The molecule has 1 aliphatic carbocycles. The molecule has 4 heterocycles. The van der Waals surface area contributed by atoms with Crippen molar-refractivity contribution < 1.29 is 18.8 Å². The molecule has 7 nitrogen and oxygen atoms in total. The van der Waals surface area contributed by atoms with Crippen LogP contribution in [-0.4, -0.2) is 58.6 Å². The van der Waals surface area contributed by atoms with Gasteiger partial charge in [-0.15, -0.1) is 0 Å². The van der Waals surface area contributed by atoms with E-state index >= 15 is 0 Å². The molecule has 0 radical (unpaired) electrons. The van der Waals surface area contributed by atoms with Crippen LogP contribution in [0.5, 0.6) is 0 Å². The average Bonchev–Trinajstić information content (AvgIpc) is 3.12. The Bertz CT molecular complexity index is 1040. The van der Waals surface area contributed by atoms with E-state index in [2.05, 4.69) is 27.4 Å². The number of quaternary nitrogens is 1. The van der Waals surface area contributed by atoms with E-state index in [-0.39, 0.29) is 18.0 Å². The smallest absolute Gasteiger partial charge is 0.317 e. The summed E-state index contributed by atoms with van der Waals surface area (Å²) in [6, 6.07) is 12.0. The fourth-order valence-electron chi connectivity index (χ4n) is 6.54. The number of carbonyl (C=O) groups excluding carboxylic acids is 2. The van der Waals surface area contributed by atoms with Gasteiger partial charge in [0.15, 0.2) is 12.6 Å². The summed E-state index contributed by atoms with van der Waals surface area (Å²) in [4.78, 5) is 35.2. The first-order valence-corrected chi connectivity index (χ1v) is 13.2. The molecule has 0 unspecified atom stereocenters. The van der Waals surface area contributed by atoms with E-state index in [1.807, 2.05) is 25.1 Å². The summed E-state index contributed by atoms with van der Waals surface area (Å²) in [6.45, 7) is 4.82. The SMILES string of the molecule is Cc1nccc(NC(=O)C[N+]23CCC(CC2)[C@@H](OC(=O)C2(c4ccccc4)CCCCCC2)C3)n1. The summed E-state index contributed by atoms with van der Waals surface area (Å²) in [7, 11) is 0. The maximum atomic E-state index is 13.9. The predicted molar refractivity (Wildman–Crippen MR) is 134 cm³/mol. The molecule has 1 N–H and O–H groups in total. The van der Waals surface area contributed by atoms with E-state index in [9.17, 15) is 9.59 Å². The van der Waals surface area contributed by atoms with Crippen LogP contribution in [0.4, 0.5) is 5.82 Å². The van der Waals surface area contributed by atoms with Crippen LogP contribution < -0.4 is 5.32 Å². The Morgan fingerprint density at radius 1 is 1.06 bits per heavy atom. The van der Waals surface area contributed by atoms with E-state index in [4.69, 9.17) is 4.74 Å². The Kier molecular flexibility index (Phi) is 6.87. The molecule has 4 aliphatic rings. The summed E-state index contributed by atoms with van der Waals surface area (Å²) in [6.07, 6.45) is 9.70. The van der Waals surface area contributed by atoms with E-state index in [1.165, 1.54) is 12.8 Å². The number of anilines is 1.